The molecular formula is C32H19F6NO2S. The van der Waals surface area contributed by atoms with E-state index in [2.05, 4.69) is 28.7 Å². The minimum absolute atomic E-state index is 0.0739. The number of aldehydes is 1. The van der Waals surface area contributed by atoms with Gasteiger partial charge in [-0.3, -0.25) is 4.79 Å². The number of aryl methyl sites for hydroxylation is 1. The average Bonchev–Trinajstić information content (AvgIpc) is 2.94. The van der Waals surface area contributed by atoms with Gasteiger partial charge in [-0.25, -0.2) is 4.98 Å². The molecule has 0 N–H and O–H groups in total. The molecule has 1 aromatic heterocycles. The SMILES string of the molecule is Cc1cc(Sc2cc(C#Cc3ccc(C(F)(F)F)cc3)cc(C#Cc3ccc(C(F)(F)F)cc3)n2)ccc1OCC=O. The third-order valence-corrected chi connectivity index (χ3v) is 6.50. The molecule has 0 aliphatic rings. The van der Waals surface area contributed by atoms with Crippen LogP contribution >= 0.6 is 11.8 Å². The van der Waals surface area contributed by atoms with Gasteiger partial charge in [0.05, 0.1) is 11.1 Å². The Morgan fingerprint density at radius 1 is 0.738 bits per heavy atom. The van der Waals surface area contributed by atoms with Crippen molar-refractivity contribution in [2.24, 2.45) is 0 Å². The highest BCUT2D eigenvalue weighted by Crippen LogP contribution is 2.32. The van der Waals surface area contributed by atoms with Gasteiger partial charge in [-0.05, 0) is 97.3 Å². The van der Waals surface area contributed by atoms with Crippen molar-refractivity contribution in [1.29, 1.82) is 0 Å². The summed E-state index contributed by atoms with van der Waals surface area (Å²) in [7, 11) is 0. The van der Waals surface area contributed by atoms with Gasteiger partial charge in [0, 0.05) is 21.6 Å². The van der Waals surface area contributed by atoms with Crippen LogP contribution in [0.3, 0.4) is 0 Å². The predicted molar refractivity (Wildman–Crippen MR) is 146 cm³/mol. The molecule has 3 nitrogen and oxygen atoms in total. The summed E-state index contributed by atoms with van der Waals surface area (Å²) in [5, 5.41) is 0.506. The Bertz CT molecular complexity index is 1610. The zero-order chi connectivity index (χ0) is 30.3. The smallest absolute Gasteiger partial charge is 0.416 e. The third kappa shape index (κ3) is 8.42. The Morgan fingerprint density at radius 3 is 1.81 bits per heavy atom. The van der Waals surface area contributed by atoms with Crippen molar-refractivity contribution in [3.8, 4) is 29.4 Å². The first-order valence-electron chi connectivity index (χ1n) is 12.2. The summed E-state index contributed by atoms with van der Waals surface area (Å²) >= 11 is 1.29. The van der Waals surface area contributed by atoms with Crippen LogP contribution in [-0.4, -0.2) is 17.9 Å². The fourth-order valence-electron chi connectivity index (χ4n) is 3.55. The second-order valence-electron chi connectivity index (χ2n) is 8.74. The Kier molecular flexibility index (Phi) is 9.29. The summed E-state index contributed by atoms with van der Waals surface area (Å²) in [5.74, 6) is 12.0. The van der Waals surface area contributed by atoms with Gasteiger partial charge in [-0.2, -0.15) is 26.3 Å². The standard InChI is InChI=1S/C32H19F6NO2S/c1-21-18-28(14-15-29(21)41-17-16-40)42-30-20-24(3-2-22-4-9-25(10-5-22)31(33,34)35)19-27(39-30)13-8-23-6-11-26(12-7-23)32(36,37)38/h4-7,9-12,14-16,18-20H,17H2,1H3. The fourth-order valence-corrected chi connectivity index (χ4v) is 4.49. The number of halogens is 6. The lowest BCUT2D eigenvalue weighted by Gasteiger charge is -2.09. The number of hydrogen-bond donors (Lipinski definition) is 0. The van der Waals surface area contributed by atoms with Gasteiger partial charge in [0.25, 0.3) is 0 Å². The lowest BCUT2D eigenvalue weighted by molar-refractivity contribution is -0.138. The van der Waals surface area contributed by atoms with E-state index in [-0.39, 0.29) is 6.61 Å². The molecule has 0 amide bonds. The van der Waals surface area contributed by atoms with Gasteiger partial charge in [-0.15, -0.1) is 0 Å². The van der Waals surface area contributed by atoms with Crippen molar-refractivity contribution in [2.45, 2.75) is 29.2 Å². The number of aromatic nitrogens is 1. The lowest BCUT2D eigenvalue weighted by Crippen LogP contribution is -2.04. The van der Waals surface area contributed by atoms with Gasteiger partial charge >= 0.3 is 12.4 Å². The molecule has 0 radical (unpaired) electrons. The van der Waals surface area contributed by atoms with Gasteiger partial charge < -0.3 is 4.74 Å². The summed E-state index contributed by atoms with van der Waals surface area (Å²) in [4.78, 5) is 15.9. The van der Waals surface area contributed by atoms with Crippen molar-refractivity contribution >= 4 is 18.0 Å². The number of nitrogens with zero attached hydrogens (tertiary/aromatic N) is 1. The number of benzene rings is 3. The van der Waals surface area contributed by atoms with Crippen LogP contribution in [0.2, 0.25) is 0 Å². The fraction of sp³-hybridized carbons (Fsp3) is 0.125. The quantitative estimate of drug-likeness (QED) is 0.133. The zero-order valence-electron chi connectivity index (χ0n) is 21.7. The molecule has 10 heteroatoms. The first-order chi connectivity index (χ1) is 19.9. The maximum Gasteiger partial charge on any atom is 0.416 e. The summed E-state index contributed by atoms with van der Waals surface area (Å²) in [6.07, 6.45) is -8.27. The summed E-state index contributed by atoms with van der Waals surface area (Å²) in [6, 6.07) is 17.5. The van der Waals surface area contributed by atoms with Crippen LogP contribution in [0.25, 0.3) is 0 Å². The molecule has 0 fully saturated rings. The Balaban J connectivity index is 1.66. The van der Waals surface area contributed by atoms with Gasteiger partial charge in [0.15, 0.2) is 6.29 Å². The Hall–Kier alpha value is -4.67. The molecule has 0 aliphatic heterocycles. The number of pyridine rings is 1. The van der Waals surface area contributed by atoms with E-state index in [0.717, 1.165) is 34.7 Å². The van der Waals surface area contributed by atoms with E-state index in [1.54, 1.807) is 24.3 Å². The number of carbonyl (C=O) groups excluding carboxylic acids is 1. The van der Waals surface area contributed by atoms with Crippen molar-refractivity contribution in [2.75, 3.05) is 6.61 Å². The maximum atomic E-state index is 12.9. The highest BCUT2D eigenvalue weighted by Gasteiger charge is 2.30. The summed E-state index contributed by atoms with van der Waals surface area (Å²) in [5.41, 5.74) is 0.709. The maximum absolute atomic E-state index is 12.9. The molecule has 0 spiro atoms. The van der Waals surface area contributed by atoms with E-state index in [4.69, 9.17) is 4.74 Å². The van der Waals surface area contributed by atoms with Crippen molar-refractivity contribution in [1.82, 2.24) is 4.98 Å². The largest absolute Gasteiger partial charge is 0.486 e. The molecule has 3 aromatic carbocycles. The van der Waals surface area contributed by atoms with Gasteiger partial charge in [0.1, 0.15) is 23.1 Å². The Labute approximate surface area is 241 Å². The van der Waals surface area contributed by atoms with Crippen molar-refractivity contribution < 1.29 is 35.9 Å². The molecule has 0 saturated heterocycles. The van der Waals surface area contributed by atoms with Crippen LogP contribution in [0.15, 0.2) is 88.8 Å². The van der Waals surface area contributed by atoms with Crippen LogP contribution in [0, 0.1) is 30.6 Å². The van der Waals surface area contributed by atoms with E-state index in [1.807, 2.05) is 13.0 Å². The monoisotopic (exact) mass is 595 g/mol. The highest BCUT2D eigenvalue weighted by atomic mass is 32.2. The summed E-state index contributed by atoms with van der Waals surface area (Å²) in [6.45, 7) is 1.75. The lowest BCUT2D eigenvalue weighted by atomic mass is 10.1. The van der Waals surface area contributed by atoms with Crippen LogP contribution in [0.5, 0.6) is 5.75 Å². The predicted octanol–water partition coefficient (Wildman–Crippen LogP) is 7.96. The number of carbonyl (C=O) groups is 1. The normalized spacial score (nSPS) is 11.1. The molecule has 4 aromatic rings. The van der Waals surface area contributed by atoms with E-state index in [1.165, 1.54) is 36.0 Å². The third-order valence-electron chi connectivity index (χ3n) is 5.59. The molecule has 0 atom stereocenters. The molecule has 0 unspecified atom stereocenters. The van der Waals surface area contributed by atoms with Crippen LogP contribution < -0.4 is 4.74 Å². The van der Waals surface area contributed by atoms with Gasteiger partial charge in [0.2, 0.25) is 0 Å². The molecular weight excluding hydrogens is 576 g/mol. The first-order valence-corrected chi connectivity index (χ1v) is 13.0. The van der Waals surface area contributed by atoms with E-state index >= 15 is 0 Å². The van der Waals surface area contributed by atoms with E-state index < -0.39 is 23.5 Å². The second kappa shape index (κ2) is 12.9. The van der Waals surface area contributed by atoms with E-state index in [0.29, 0.717) is 39.4 Å². The second-order valence-corrected chi connectivity index (χ2v) is 9.83. The van der Waals surface area contributed by atoms with Gasteiger partial charge in [-0.1, -0.05) is 29.5 Å². The first kappa shape index (κ1) is 30.3. The highest BCUT2D eigenvalue weighted by molar-refractivity contribution is 7.99. The minimum Gasteiger partial charge on any atom is -0.486 e. The van der Waals surface area contributed by atoms with Crippen LogP contribution in [0.1, 0.15) is 39.1 Å². The number of ether oxygens (including phenoxy) is 1. The zero-order valence-corrected chi connectivity index (χ0v) is 22.5. The van der Waals surface area contributed by atoms with Crippen molar-refractivity contribution in [3.63, 3.8) is 0 Å². The average molecular weight is 596 g/mol. The molecule has 0 bridgehead atoms. The molecule has 0 saturated carbocycles. The minimum atomic E-state index is -4.46. The topological polar surface area (TPSA) is 39.2 Å². The molecule has 4 rings (SSSR count). The molecule has 212 valence electrons. The number of rotatable bonds is 5. The molecule has 42 heavy (non-hydrogen) atoms. The van der Waals surface area contributed by atoms with Crippen LogP contribution in [-0.2, 0) is 17.1 Å². The summed E-state index contributed by atoms with van der Waals surface area (Å²) < 4.78 is 82.6. The number of alkyl halides is 6. The molecule has 0 aliphatic carbocycles. The van der Waals surface area contributed by atoms with Crippen molar-refractivity contribution in [3.05, 3.63) is 118 Å². The molecule has 1 heterocycles. The van der Waals surface area contributed by atoms with Crippen LogP contribution in [0.4, 0.5) is 26.3 Å². The number of hydrogen-bond acceptors (Lipinski definition) is 4. The Morgan fingerprint density at radius 2 is 1.29 bits per heavy atom. The van der Waals surface area contributed by atoms with E-state index in [9.17, 15) is 31.1 Å².